The minimum Gasteiger partial charge on any atom is -0.378 e. The van der Waals surface area contributed by atoms with E-state index in [0.29, 0.717) is 18.8 Å². The van der Waals surface area contributed by atoms with Crippen LogP contribution in [0.4, 0.5) is 5.82 Å². The van der Waals surface area contributed by atoms with Gasteiger partial charge in [-0.3, -0.25) is 4.79 Å². The highest BCUT2D eigenvalue weighted by Gasteiger charge is 2.25. The maximum absolute atomic E-state index is 12.8. The van der Waals surface area contributed by atoms with Gasteiger partial charge in [0.15, 0.2) is 0 Å². The number of carbonyl (C=O) groups is 1. The van der Waals surface area contributed by atoms with Crippen LogP contribution in [0.1, 0.15) is 10.4 Å². The van der Waals surface area contributed by atoms with Gasteiger partial charge in [-0.05, 0) is 19.2 Å². The van der Waals surface area contributed by atoms with Crippen molar-refractivity contribution < 1.29 is 9.53 Å². The van der Waals surface area contributed by atoms with Crippen LogP contribution in [0.3, 0.4) is 0 Å². The molecule has 6 heteroatoms. The molecule has 3 rings (SSSR count). The van der Waals surface area contributed by atoms with E-state index in [-0.39, 0.29) is 5.91 Å². The van der Waals surface area contributed by atoms with Crippen molar-refractivity contribution in [3.8, 4) is 0 Å². The molecule has 6 nitrogen and oxygen atoms in total. The van der Waals surface area contributed by atoms with Crippen LogP contribution >= 0.6 is 0 Å². The molecule has 0 aromatic carbocycles. The Bertz CT molecular complexity index is 494. The van der Waals surface area contributed by atoms with Crippen molar-refractivity contribution in [3.05, 3.63) is 23.9 Å². The van der Waals surface area contributed by atoms with E-state index >= 15 is 0 Å². The van der Waals surface area contributed by atoms with Gasteiger partial charge in [0, 0.05) is 45.5 Å². The van der Waals surface area contributed by atoms with Crippen molar-refractivity contribution in [2.45, 2.75) is 0 Å². The molecule has 1 aromatic heterocycles. The second kappa shape index (κ2) is 6.41. The number of ether oxygens (including phenoxy) is 1. The smallest absolute Gasteiger partial charge is 0.257 e. The number of aromatic nitrogens is 1. The number of amides is 1. The van der Waals surface area contributed by atoms with E-state index < -0.39 is 0 Å². The van der Waals surface area contributed by atoms with Crippen molar-refractivity contribution in [2.24, 2.45) is 0 Å². The number of carbonyl (C=O) groups excluding carboxylic acids is 1. The summed E-state index contributed by atoms with van der Waals surface area (Å²) in [5, 5.41) is 0. The van der Waals surface area contributed by atoms with Crippen LogP contribution in [0.25, 0.3) is 0 Å². The van der Waals surface area contributed by atoms with Crippen LogP contribution in [0, 0.1) is 0 Å². The number of rotatable bonds is 2. The molecule has 0 bridgehead atoms. The number of hydrogen-bond donors (Lipinski definition) is 0. The first-order chi connectivity index (χ1) is 10.3. The number of likely N-dealkylation sites (N-methyl/N-ethyl adjacent to an activating group) is 1. The SMILES string of the molecule is CN1CCN(C(=O)c2cccnc2N2CCOCC2)CC1. The second-order valence-corrected chi connectivity index (χ2v) is 5.57. The molecule has 0 radical (unpaired) electrons. The summed E-state index contributed by atoms with van der Waals surface area (Å²) in [5.41, 5.74) is 0.712. The zero-order valence-electron chi connectivity index (χ0n) is 12.5. The minimum atomic E-state index is 0.0951. The predicted octanol–water partition coefficient (Wildman–Crippen LogP) is 0.306. The quantitative estimate of drug-likeness (QED) is 0.784. The summed E-state index contributed by atoms with van der Waals surface area (Å²) in [6, 6.07) is 3.73. The van der Waals surface area contributed by atoms with Crippen LogP contribution in [0.15, 0.2) is 18.3 Å². The molecule has 0 atom stereocenters. The largest absolute Gasteiger partial charge is 0.378 e. The van der Waals surface area contributed by atoms with Gasteiger partial charge in [-0.15, -0.1) is 0 Å². The lowest BCUT2D eigenvalue weighted by molar-refractivity contribution is 0.0663. The van der Waals surface area contributed by atoms with Gasteiger partial charge in [-0.2, -0.15) is 0 Å². The lowest BCUT2D eigenvalue weighted by atomic mass is 10.2. The Morgan fingerprint density at radius 1 is 1.14 bits per heavy atom. The van der Waals surface area contributed by atoms with Gasteiger partial charge in [0.2, 0.25) is 0 Å². The fourth-order valence-electron chi connectivity index (χ4n) is 2.77. The van der Waals surface area contributed by atoms with Crippen LogP contribution < -0.4 is 4.90 Å². The van der Waals surface area contributed by atoms with Gasteiger partial charge in [0.05, 0.1) is 18.8 Å². The third-order valence-corrected chi connectivity index (χ3v) is 4.12. The molecular weight excluding hydrogens is 268 g/mol. The maximum atomic E-state index is 12.8. The third-order valence-electron chi connectivity index (χ3n) is 4.12. The number of nitrogens with zero attached hydrogens (tertiary/aromatic N) is 4. The topological polar surface area (TPSA) is 48.9 Å². The zero-order valence-corrected chi connectivity index (χ0v) is 12.5. The van der Waals surface area contributed by atoms with Gasteiger partial charge in [0.25, 0.3) is 5.91 Å². The first kappa shape index (κ1) is 14.3. The molecule has 2 aliphatic rings. The van der Waals surface area contributed by atoms with Crippen LogP contribution in [0.2, 0.25) is 0 Å². The molecule has 1 aromatic rings. The van der Waals surface area contributed by atoms with E-state index in [1.807, 2.05) is 17.0 Å². The van der Waals surface area contributed by atoms with E-state index in [0.717, 1.165) is 45.1 Å². The van der Waals surface area contributed by atoms with E-state index in [9.17, 15) is 4.79 Å². The minimum absolute atomic E-state index is 0.0951. The van der Waals surface area contributed by atoms with E-state index in [2.05, 4.69) is 21.8 Å². The summed E-state index contributed by atoms with van der Waals surface area (Å²) in [5.74, 6) is 0.891. The summed E-state index contributed by atoms with van der Waals surface area (Å²) in [6.45, 7) is 6.40. The summed E-state index contributed by atoms with van der Waals surface area (Å²) in [7, 11) is 2.09. The van der Waals surface area contributed by atoms with E-state index in [4.69, 9.17) is 4.74 Å². The number of morpholine rings is 1. The number of anilines is 1. The molecule has 0 unspecified atom stereocenters. The lowest BCUT2D eigenvalue weighted by Crippen LogP contribution is -2.47. The average Bonchev–Trinajstić information content (AvgIpc) is 2.56. The molecule has 114 valence electrons. The van der Waals surface area contributed by atoms with Crippen molar-refractivity contribution in [1.29, 1.82) is 0 Å². The highest BCUT2D eigenvalue weighted by Crippen LogP contribution is 2.20. The Hall–Kier alpha value is -1.66. The normalized spacial score (nSPS) is 20.6. The monoisotopic (exact) mass is 290 g/mol. The van der Waals surface area contributed by atoms with Crippen LogP contribution in [-0.2, 0) is 4.74 Å². The van der Waals surface area contributed by atoms with Gasteiger partial charge in [0.1, 0.15) is 5.82 Å². The third kappa shape index (κ3) is 3.16. The van der Waals surface area contributed by atoms with Gasteiger partial charge in [-0.1, -0.05) is 0 Å². The summed E-state index contributed by atoms with van der Waals surface area (Å²) in [4.78, 5) is 23.5. The number of pyridine rings is 1. The Morgan fingerprint density at radius 2 is 1.86 bits per heavy atom. The molecule has 21 heavy (non-hydrogen) atoms. The van der Waals surface area contributed by atoms with Gasteiger partial charge < -0.3 is 19.4 Å². The van der Waals surface area contributed by atoms with Crippen LogP contribution in [-0.4, -0.2) is 80.2 Å². The Labute approximate surface area is 125 Å². The molecule has 1 amide bonds. The predicted molar refractivity (Wildman–Crippen MR) is 80.7 cm³/mol. The Morgan fingerprint density at radius 3 is 2.57 bits per heavy atom. The highest BCUT2D eigenvalue weighted by molar-refractivity contribution is 5.99. The van der Waals surface area contributed by atoms with Crippen molar-refractivity contribution in [2.75, 3.05) is 64.4 Å². The van der Waals surface area contributed by atoms with E-state index in [1.54, 1.807) is 6.20 Å². The molecule has 0 saturated carbocycles. The fourth-order valence-corrected chi connectivity index (χ4v) is 2.77. The van der Waals surface area contributed by atoms with Crippen molar-refractivity contribution in [1.82, 2.24) is 14.8 Å². The first-order valence-electron chi connectivity index (χ1n) is 7.51. The molecule has 0 N–H and O–H groups in total. The first-order valence-corrected chi connectivity index (χ1v) is 7.51. The van der Waals surface area contributed by atoms with E-state index in [1.165, 1.54) is 0 Å². The maximum Gasteiger partial charge on any atom is 0.257 e. The molecular formula is C15H22N4O2. The molecule has 2 fully saturated rings. The molecule has 3 heterocycles. The highest BCUT2D eigenvalue weighted by atomic mass is 16.5. The lowest BCUT2D eigenvalue weighted by Gasteiger charge is -2.34. The number of piperazine rings is 1. The van der Waals surface area contributed by atoms with Crippen LogP contribution in [0.5, 0.6) is 0 Å². The molecule has 0 spiro atoms. The van der Waals surface area contributed by atoms with Crippen molar-refractivity contribution >= 4 is 11.7 Å². The molecule has 0 aliphatic carbocycles. The average molecular weight is 290 g/mol. The van der Waals surface area contributed by atoms with Gasteiger partial charge >= 0.3 is 0 Å². The molecule has 2 saturated heterocycles. The van der Waals surface area contributed by atoms with Gasteiger partial charge in [-0.25, -0.2) is 4.98 Å². The summed E-state index contributed by atoms with van der Waals surface area (Å²) >= 11 is 0. The standard InChI is InChI=1S/C15H22N4O2/c1-17-5-7-19(8-6-17)15(20)13-3-2-4-16-14(13)18-9-11-21-12-10-18/h2-4H,5-12H2,1H3. The summed E-state index contributed by atoms with van der Waals surface area (Å²) in [6.07, 6.45) is 1.76. The number of hydrogen-bond acceptors (Lipinski definition) is 5. The Balaban J connectivity index is 1.79. The summed E-state index contributed by atoms with van der Waals surface area (Å²) < 4.78 is 5.38. The van der Waals surface area contributed by atoms with Crippen molar-refractivity contribution in [3.63, 3.8) is 0 Å². The fraction of sp³-hybridized carbons (Fsp3) is 0.600. The zero-order chi connectivity index (χ0) is 14.7. The Kier molecular flexibility index (Phi) is 4.36. The second-order valence-electron chi connectivity index (χ2n) is 5.57. The molecule has 2 aliphatic heterocycles.